The van der Waals surface area contributed by atoms with Gasteiger partial charge in [-0.2, -0.15) is 0 Å². The minimum absolute atomic E-state index is 0.0561. The molecule has 232 valence electrons. The lowest BCUT2D eigenvalue weighted by Gasteiger charge is -2.33. The van der Waals surface area contributed by atoms with Gasteiger partial charge in [-0.1, -0.05) is 44.0 Å². The molecule has 0 aromatic heterocycles. The molecule has 3 aromatic carbocycles. The van der Waals surface area contributed by atoms with Crippen molar-refractivity contribution in [3.05, 3.63) is 83.4 Å². The van der Waals surface area contributed by atoms with Gasteiger partial charge in [0.05, 0.1) is 17.2 Å². The average Bonchev–Trinajstić information content (AvgIpc) is 3.01. The summed E-state index contributed by atoms with van der Waals surface area (Å²) in [6, 6.07) is 19.3. The molecule has 1 N–H and O–H groups in total. The fraction of sp³-hybridized carbons (Fsp3) is 0.375. The number of hydrogen-bond donors (Lipinski definition) is 1. The van der Waals surface area contributed by atoms with Gasteiger partial charge in [-0.05, 0) is 92.2 Å². The molecule has 43 heavy (non-hydrogen) atoms. The van der Waals surface area contributed by atoms with Crippen molar-refractivity contribution in [2.45, 2.75) is 62.4 Å². The Kier molecular flexibility index (Phi) is 13.2. The van der Waals surface area contributed by atoms with E-state index in [0.29, 0.717) is 36.0 Å². The zero-order valence-electron chi connectivity index (χ0n) is 25.1. The molecule has 1 atom stereocenters. The Hall–Kier alpha value is -3.21. The van der Waals surface area contributed by atoms with Crippen molar-refractivity contribution in [1.29, 1.82) is 0 Å². The first-order chi connectivity index (χ1) is 20.6. The van der Waals surface area contributed by atoms with Crippen LogP contribution < -0.4 is 14.4 Å². The number of carbonyl (C=O) groups excluding carboxylic acids is 2. The van der Waals surface area contributed by atoms with Crippen molar-refractivity contribution in [3.63, 3.8) is 0 Å². The maximum atomic E-state index is 14.2. The van der Waals surface area contributed by atoms with Crippen molar-refractivity contribution in [2.24, 2.45) is 0 Å². The lowest BCUT2D eigenvalue weighted by Crippen LogP contribution is -2.52. The van der Waals surface area contributed by atoms with Crippen molar-refractivity contribution < 1.29 is 22.7 Å². The zero-order chi connectivity index (χ0) is 31.4. The second kappa shape index (κ2) is 16.6. The van der Waals surface area contributed by atoms with Gasteiger partial charge in [0.2, 0.25) is 11.8 Å². The number of unbranched alkanes of at least 4 members (excludes halogenated alkanes) is 1. The summed E-state index contributed by atoms with van der Waals surface area (Å²) in [4.78, 5) is 29.9. The molecular weight excluding hydrogens is 606 g/mol. The number of benzene rings is 3. The first kappa shape index (κ1) is 34.3. The summed E-state index contributed by atoms with van der Waals surface area (Å²) in [5.74, 6) is -0.203. The molecule has 0 bridgehead atoms. The van der Waals surface area contributed by atoms with E-state index in [2.05, 4.69) is 5.32 Å². The smallest absolute Gasteiger partial charge is 0.264 e. The molecule has 0 unspecified atom stereocenters. The second-order valence-electron chi connectivity index (χ2n) is 9.83. The van der Waals surface area contributed by atoms with Crippen molar-refractivity contribution in [3.8, 4) is 5.75 Å². The molecule has 8 nitrogen and oxygen atoms in total. The van der Waals surface area contributed by atoms with E-state index in [0.717, 1.165) is 27.6 Å². The number of halogens is 1. The van der Waals surface area contributed by atoms with Gasteiger partial charge in [-0.15, -0.1) is 11.8 Å². The van der Waals surface area contributed by atoms with Crippen LogP contribution in [0, 0.1) is 0 Å². The Morgan fingerprint density at radius 2 is 1.60 bits per heavy atom. The molecular formula is C32H40ClN3O5S2. The first-order valence-electron chi connectivity index (χ1n) is 14.4. The van der Waals surface area contributed by atoms with Crippen LogP contribution in [0.25, 0.3) is 0 Å². The molecule has 0 spiro atoms. The lowest BCUT2D eigenvalue weighted by molar-refractivity contribution is -0.140. The molecule has 3 aromatic rings. The number of thioether (sulfide) groups is 1. The van der Waals surface area contributed by atoms with E-state index >= 15 is 0 Å². The summed E-state index contributed by atoms with van der Waals surface area (Å²) in [6.07, 6.45) is 3.99. The van der Waals surface area contributed by atoms with Gasteiger partial charge in [0.1, 0.15) is 18.3 Å². The normalized spacial score (nSPS) is 11.9. The molecule has 0 fully saturated rings. The molecule has 11 heteroatoms. The van der Waals surface area contributed by atoms with E-state index in [1.54, 1.807) is 60.7 Å². The van der Waals surface area contributed by atoms with Gasteiger partial charge in [0.15, 0.2) is 0 Å². The van der Waals surface area contributed by atoms with Gasteiger partial charge < -0.3 is 15.0 Å². The molecule has 3 rings (SSSR count). The Bertz CT molecular complexity index is 1430. The van der Waals surface area contributed by atoms with Crippen LogP contribution in [0.4, 0.5) is 5.69 Å². The minimum atomic E-state index is -4.16. The van der Waals surface area contributed by atoms with Crippen LogP contribution in [-0.2, 0) is 26.2 Å². The monoisotopic (exact) mass is 645 g/mol. The predicted octanol–water partition coefficient (Wildman–Crippen LogP) is 6.38. The molecule has 2 amide bonds. The summed E-state index contributed by atoms with van der Waals surface area (Å²) in [5, 5.41) is 3.48. The van der Waals surface area contributed by atoms with E-state index < -0.39 is 28.5 Å². The first-order valence-corrected chi connectivity index (χ1v) is 17.4. The van der Waals surface area contributed by atoms with Gasteiger partial charge in [0, 0.05) is 23.0 Å². The number of ether oxygens (including phenoxy) is 1. The highest BCUT2D eigenvalue weighted by molar-refractivity contribution is 7.98. The number of rotatable bonds is 16. The number of hydrogen-bond acceptors (Lipinski definition) is 6. The highest BCUT2D eigenvalue weighted by Gasteiger charge is 2.33. The lowest BCUT2D eigenvalue weighted by atomic mass is 10.1. The fourth-order valence-corrected chi connectivity index (χ4v) is 6.44. The third-order valence-corrected chi connectivity index (χ3v) is 9.63. The molecule has 0 aliphatic carbocycles. The number of amides is 2. The molecule has 0 saturated carbocycles. The van der Waals surface area contributed by atoms with Crippen molar-refractivity contribution >= 4 is 50.9 Å². The molecule has 0 radical (unpaired) electrons. The quantitative estimate of drug-likeness (QED) is 0.143. The van der Waals surface area contributed by atoms with Crippen LogP contribution in [-0.4, -0.2) is 57.1 Å². The van der Waals surface area contributed by atoms with E-state index in [9.17, 15) is 18.0 Å². The summed E-state index contributed by atoms with van der Waals surface area (Å²) < 4.78 is 34.8. The maximum Gasteiger partial charge on any atom is 0.264 e. The summed E-state index contributed by atoms with van der Waals surface area (Å²) >= 11 is 7.59. The van der Waals surface area contributed by atoms with Crippen molar-refractivity contribution in [1.82, 2.24) is 10.2 Å². The van der Waals surface area contributed by atoms with Gasteiger partial charge in [-0.3, -0.25) is 13.9 Å². The van der Waals surface area contributed by atoms with Gasteiger partial charge in [-0.25, -0.2) is 8.42 Å². The number of nitrogens with zero attached hydrogens (tertiary/aromatic N) is 2. The van der Waals surface area contributed by atoms with Gasteiger partial charge in [0.25, 0.3) is 10.0 Å². The van der Waals surface area contributed by atoms with Crippen LogP contribution in [0.1, 0.15) is 45.6 Å². The Morgan fingerprint density at radius 1 is 0.953 bits per heavy atom. The average molecular weight is 646 g/mol. The van der Waals surface area contributed by atoms with E-state index in [-0.39, 0.29) is 17.3 Å². The van der Waals surface area contributed by atoms with Crippen LogP contribution in [0.5, 0.6) is 5.75 Å². The Morgan fingerprint density at radius 3 is 2.16 bits per heavy atom. The summed E-state index contributed by atoms with van der Waals surface area (Å²) in [5.41, 5.74) is 1.07. The SMILES string of the molecule is CCCCNC(=O)[C@H](CC)N(Cc1ccc(Cl)cc1)C(=O)CN(c1ccc(OCC)cc1)S(=O)(=O)c1ccc(SC)cc1. The standard InChI is InChI=1S/C32H40ClN3O5S2/c1-5-8-21-34-32(38)30(6-2)35(22-24-9-11-25(33)12-10-24)31(37)23-36(26-13-15-27(16-14-26)41-7-3)43(39,40)29-19-17-28(42-4)18-20-29/h9-20,30H,5-8,21-23H2,1-4H3,(H,34,38)/t30-/m0/s1. The summed E-state index contributed by atoms with van der Waals surface area (Å²) in [6.45, 7) is 6.28. The van der Waals surface area contributed by atoms with Gasteiger partial charge >= 0.3 is 0 Å². The van der Waals surface area contributed by atoms with Crippen LogP contribution >= 0.6 is 23.4 Å². The Balaban J connectivity index is 2.04. The third-order valence-electron chi connectivity index (χ3n) is 6.84. The largest absolute Gasteiger partial charge is 0.494 e. The number of carbonyl (C=O) groups is 2. The minimum Gasteiger partial charge on any atom is -0.494 e. The van der Waals surface area contributed by atoms with Crippen LogP contribution in [0.2, 0.25) is 5.02 Å². The fourth-order valence-electron chi connectivity index (χ4n) is 4.49. The third kappa shape index (κ3) is 9.39. The van der Waals surface area contributed by atoms with Crippen LogP contribution in [0.15, 0.2) is 82.6 Å². The molecule has 0 aliphatic heterocycles. The Labute approximate surface area is 264 Å². The molecule has 0 heterocycles. The zero-order valence-corrected chi connectivity index (χ0v) is 27.5. The predicted molar refractivity (Wildman–Crippen MR) is 174 cm³/mol. The molecule has 0 saturated heterocycles. The maximum absolute atomic E-state index is 14.2. The number of nitrogens with one attached hydrogen (secondary N) is 1. The van der Waals surface area contributed by atoms with E-state index in [4.69, 9.17) is 16.3 Å². The highest BCUT2D eigenvalue weighted by atomic mass is 35.5. The van der Waals surface area contributed by atoms with E-state index in [1.165, 1.54) is 28.8 Å². The second-order valence-corrected chi connectivity index (χ2v) is 13.0. The highest BCUT2D eigenvalue weighted by Crippen LogP contribution is 2.28. The topological polar surface area (TPSA) is 96.0 Å². The van der Waals surface area contributed by atoms with E-state index in [1.807, 2.05) is 27.0 Å². The summed E-state index contributed by atoms with van der Waals surface area (Å²) in [7, 11) is -4.16. The van der Waals surface area contributed by atoms with Crippen molar-refractivity contribution in [2.75, 3.05) is 30.3 Å². The molecule has 0 aliphatic rings. The van der Waals surface area contributed by atoms with Crippen LogP contribution in [0.3, 0.4) is 0 Å². The number of anilines is 1. The number of sulfonamides is 1.